The van der Waals surface area contributed by atoms with E-state index in [2.05, 4.69) is 36.7 Å². The van der Waals surface area contributed by atoms with Crippen molar-refractivity contribution in [1.29, 1.82) is 0 Å². The molecule has 1 N–H and O–H groups in total. The molecule has 0 aliphatic carbocycles. The van der Waals surface area contributed by atoms with Crippen molar-refractivity contribution in [3.05, 3.63) is 22.4 Å². The molecule has 15 heavy (non-hydrogen) atoms. The Balaban J connectivity index is 2.01. The van der Waals surface area contributed by atoms with E-state index in [0.717, 1.165) is 26.1 Å². The van der Waals surface area contributed by atoms with Gasteiger partial charge in [0.05, 0.1) is 12.7 Å². The van der Waals surface area contributed by atoms with Crippen LogP contribution in [0.5, 0.6) is 0 Å². The van der Waals surface area contributed by atoms with Gasteiger partial charge in [0.2, 0.25) is 0 Å². The van der Waals surface area contributed by atoms with Crippen LogP contribution in [0, 0.1) is 0 Å². The Kier molecular flexibility index (Phi) is 6.64. The lowest BCUT2D eigenvalue weighted by Crippen LogP contribution is -2.21. The van der Waals surface area contributed by atoms with Gasteiger partial charge in [-0.25, -0.2) is 0 Å². The summed E-state index contributed by atoms with van der Waals surface area (Å²) in [5.41, 5.74) is 0. The van der Waals surface area contributed by atoms with Crippen LogP contribution in [-0.4, -0.2) is 19.2 Å². The molecular formula is C12H21NOS. The summed E-state index contributed by atoms with van der Waals surface area (Å²) in [5, 5.41) is 5.47. The second kappa shape index (κ2) is 7.85. The molecule has 3 heteroatoms. The van der Waals surface area contributed by atoms with E-state index < -0.39 is 0 Å². The minimum atomic E-state index is 0.344. The van der Waals surface area contributed by atoms with E-state index in [1.165, 1.54) is 11.3 Å². The molecule has 1 unspecified atom stereocenters. The van der Waals surface area contributed by atoms with Gasteiger partial charge in [-0.2, -0.15) is 0 Å². The molecule has 0 amide bonds. The smallest absolute Gasteiger partial charge is 0.0812 e. The summed E-state index contributed by atoms with van der Waals surface area (Å²) in [6.07, 6.45) is 2.63. The van der Waals surface area contributed by atoms with Crippen LogP contribution in [0.15, 0.2) is 17.5 Å². The standard InChI is InChI=1S/C12H21NOS/c1-3-7-13-8-6-11(2)14-10-12-5-4-9-15-12/h4-5,9,11,13H,3,6-8,10H2,1-2H3. The van der Waals surface area contributed by atoms with Gasteiger partial charge in [-0.15, -0.1) is 11.3 Å². The topological polar surface area (TPSA) is 21.3 Å². The number of hydrogen-bond acceptors (Lipinski definition) is 3. The second-order valence-electron chi connectivity index (χ2n) is 3.74. The van der Waals surface area contributed by atoms with E-state index >= 15 is 0 Å². The molecule has 1 atom stereocenters. The number of thiophene rings is 1. The molecule has 1 rings (SSSR count). The highest BCUT2D eigenvalue weighted by molar-refractivity contribution is 7.09. The van der Waals surface area contributed by atoms with Crippen LogP contribution in [0.25, 0.3) is 0 Å². The summed E-state index contributed by atoms with van der Waals surface area (Å²) < 4.78 is 5.74. The van der Waals surface area contributed by atoms with Gasteiger partial charge >= 0.3 is 0 Å². The van der Waals surface area contributed by atoms with Crippen molar-refractivity contribution in [1.82, 2.24) is 5.32 Å². The molecular weight excluding hydrogens is 206 g/mol. The first-order chi connectivity index (χ1) is 7.33. The fourth-order valence-electron chi connectivity index (χ4n) is 1.31. The molecule has 0 spiro atoms. The van der Waals surface area contributed by atoms with Gasteiger partial charge in [-0.3, -0.25) is 0 Å². The molecule has 0 aliphatic rings. The molecule has 0 fully saturated rings. The molecule has 2 nitrogen and oxygen atoms in total. The normalized spacial score (nSPS) is 12.9. The van der Waals surface area contributed by atoms with Crippen molar-refractivity contribution < 1.29 is 4.74 Å². The van der Waals surface area contributed by atoms with Crippen molar-refractivity contribution in [2.24, 2.45) is 0 Å². The third-order valence-corrected chi connectivity index (χ3v) is 3.09. The zero-order valence-corrected chi connectivity index (χ0v) is 10.5. The minimum absolute atomic E-state index is 0.344. The lowest BCUT2D eigenvalue weighted by atomic mass is 10.3. The van der Waals surface area contributed by atoms with E-state index in [1.807, 2.05) is 0 Å². The second-order valence-corrected chi connectivity index (χ2v) is 4.77. The van der Waals surface area contributed by atoms with Gasteiger partial charge in [0, 0.05) is 4.88 Å². The summed E-state index contributed by atoms with van der Waals surface area (Å²) in [4.78, 5) is 1.31. The Hall–Kier alpha value is -0.380. The molecule has 0 aromatic carbocycles. The van der Waals surface area contributed by atoms with Gasteiger partial charge in [0.25, 0.3) is 0 Å². The van der Waals surface area contributed by atoms with Crippen LogP contribution < -0.4 is 5.32 Å². The van der Waals surface area contributed by atoms with Crippen LogP contribution >= 0.6 is 11.3 Å². The maximum Gasteiger partial charge on any atom is 0.0812 e. The Labute approximate surface area is 96.7 Å². The van der Waals surface area contributed by atoms with Crippen LogP contribution in [0.4, 0.5) is 0 Å². The SMILES string of the molecule is CCCNCCC(C)OCc1cccs1. The van der Waals surface area contributed by atoms with Crippen LogP contribution in [0.2, 0.25) is 0 Å². The average molecular weight is 227 g/mol. The Bertz CT molecular complexity index is 236. The molecule has 1 heterocycles. The predicted molar refractivity (Wildman–Crippen MR) is 66.3 cm³/mol. The molecule has 0 saturated carbocycles. The number of hydrogen-bond donors (Lipinski definition) is 1. The predicted octanol–water partition coefficient (Wildman–Crippen LogP) is 3.04. The third-order valence-electron chi connectivity index (χ3n) is 2.24. The van der Waals surface area contributed by atoms with Gasteiger partial charge < -0.3 is 10.1 Å². The van der Waals surface area contributed by atoms with Gasteiger partial charge in [0.15, 0.2) is 0 Å². The van der Waals surface area contributed by atoms with E-state index in [4.69, 9.17) is 4.74 Å². The highest BCUT2D eigenvalue weighted by atomic mass is 32.1. The Morgan fingerprint density at radius 2 is 2.33 bits per heavy atom. The molecule has 0 saturated heterocycles. The summed E-state index contributed by atoms with van der Waals surface area (Å²) in [6, 6.07) is 4.18. The first-order valence-electron chi connectivity index (χ1n) is 5.67. The fourth-order valence-corrected chi connectivity index (χ4v) is 1.93. The Morgan fingerprint density at radius 3 is 3.00 bits per heavy atom. The fraction of sp³-hybridized carbons (Fsp3) is 0.667. The zero-order chi connectivity index (χ0) is 10.9. The monoisotopic (exact) mass is 227 g/mol. The average Bonchev–Trinajstić information content (AvgIpc) is 2.74. The van der Waals surface area contributed by atoms with Gasteiger partial charge in [0.1, 0.15) is 0 Å². The number of rotatable bonds is 8. The maximum absolute atomic E-state index is 5.74. The first kappa shape index (κ1) is 12.7. The third kappa shape index (κ3) is 5.92. The van der Waals surface area contributed by atoms with Crippen LogP contribution in [-0.2, 0) is 11.3 Å². The van der Waals surface area contributed by atoms with E-state index in [-0.39, 0.29) is 0 Å². The lowest BCUT2D eigenvalue weighted by Gasteiger charge is -2.12. The molecule has 1 aromatic heterocycles. The summed E-state index contributed by atoms with van der Waals surface area (Å²) >= 11 is 1.76. The van der Waals surface area contributed by atoms with Crippen molar-refractivity contribution in [2.45, 2.75) is 39.4 Å². The van der Waals surface area contributed by atoms with Crippen molar-refractivity contribution in [3.63, 3.8) is 0 Å². The van der Waals surface area contributed by atoms with E-state index in [0.29, 0.717) is 6.10 Å². The van der Waals surface area contributed by atoms with Gasteiger partial charge in [-0.1, -0.05) is 13.0 Å². The number of ether oxygens (including phenoxy) is 1. The first-order valence-corrected chi connectivity index (χ1v) is 6.55. The summed E-state index contributed by atoms with van der Waals surface area (Å²) in [7, 11) is 0. The Morgan fingerprint density at radius 1 is 1.47 bits per heavy atom. The van der Waals surface area contributed by atoms with Crippen molar-refractivity contribution in [2.75, 3.05) is 13.1 Å². The molecule has 0 bridgehead atoms. The molecule has 1 aromatic rings. The molecule has 0 aliphatic heterocycles. The maximum atomic E-state index is 5.74. The summed E-state index contributed by atoms with van der Waals surface area (Å²) in [6.45, 7) is 7.24. The van der Waals surface area contributed by atoms with E-state index in [9.17, 15) is 0 Å². The lowest BCUT2D eigenvalue weighted by molar-refractivity contribution is 0.0494. The number of nitrogens with one attached hydrogen (secondary N) is 1. The zero-order valence-electron chi connectivity index (χ0n) is 9.66. The quantitative estimate of drug-likeness (QED) is 0.689. The van der Waals surface area contributed by atoms with Gasteiger partial charge in [-0.05, 0) is 44.3 Å². The van der Waals surface area contributed by atoms with E-state index in [1.54, 1.807) is 11.3 Å². The largest absolute Gasteiger partial charge is 0.373 e. The summed E-state index contributed by atoms with van der Waals surface area (Å²) in [5.74, 6) is 0. The molecule has 86 valence electrons. The minimum Gasteiger partial charge on any atom is -0.373 e. The van der Waals surface area contributed by atoms with Crippen LogP contribution in [0.1, 0.15) is 31.6 Å². The highest BCUT2D eigenvalue weighted by Gasteiger charge is 2.02. The van der Waals surface area contributed by atoms with Crippen molar-refractivity contribution >= 4 is 11.3 Å². The highest BCUT2D eigenvalue weighted by Crippen LogP contribution is 2.11. The van der Waals surface area contributed by atoms with Crippen molar-refractivity contribution in [3.8, 4) is 0 Å². The van der Waals surface area contributed by atoms with Crippen LogP contribution in [0.3, 0.4) is 0 Å². The molecule has 0 radical (unpaired) electrons.